The first-order valence-electron chi connectivity index (χ1n) is 9.73. The van der Waals surface area contributed by atoms with Gasteiger partial charge in [0.15, 0.2) is 0 Å². The number of amides is 2. The van der Waals surface area contributed by atoms with Gasteiger partial charge in [0.1, 0.15) is 18.1 Å². The molecule has 27 heavy (non-hydrogen) atoms. The molecule has 2 heterocycles. The molecule has 7 heteroatoms. The molecule has 0 aromatic heterocycles. The number of morpholine rings is 1. The van der Waals surface area contributed by atoms with Crippen molar-refractivity contribution in [2.45, 2.75) is 25.3 Å². The van der Waals surface area contributed by atoms with E-state index in [-0.39, 0.29) is 11.6 Å². The second-order valence-corrected chi connectivity index (χ2v) is 7.34. The molecular weight excluding hydrogens is 346 g/mol. The van der Waals surface area contributed by atoms with E-state index in [2.05, 4.69) is 17.1 Å². The van der Waals surface area contributed by atoms with E-state index in [1.807, 2.05) is 29.2 Å². The van der Waals surface area contributed by atoms with Gasteiger partial charge in [-0.15, -0.1) is 0 Å². The van der Waals surface area contributed by atoms with Crippen LogP contribution in [0.2, 0.25) is 0 Å². The van der Waals surface area contributed by atoms with E-state index < -0.39 is 0 Å². The Bertz CT molecular complexity index is 594. The molecule has 2 aliphatic rings. The number of nitrogens with one attached hydrogen (secondary N) is 1. The summed E-state index contributed by atoms with van der Waals surface area (Å²) >= 11 is 0. The summed E-state index contributed by atoms with van der Waals surface area (Å²) in [6, 6.07) is 7.42. The number of carbonyl (C=O) groups is 1. The molecule has 0 radical (unpaired) electrons. The normalized spacial score (nSPS) is 20.1. The summed E-state index contributed by atoms with van der Waals surface area (Å²) in [5.74, 6) is 1.56. The zero-order valence-electron chi connectivity index (χ0n) is 16.4. The minimum atomic E-state index is -0.00245. The topological polar surface area (TPSA) is 63.3 Å². The molecule has 0 saturated carbocycles. The Morgan fingerprint density at radius 2 is 1.74 bits per heavy atom. The predicted octanol–water partition coefficient (Wildman–Crippen LogP) is 1.97. The van der Waals surface area contributed by atoms with Crippen LogP contribution in [0.1, 0.15) is 19.8 Å². The molecule has 0 atom stereocenters. The Morgan fingerprint density at radius 3 is 2.37 bits per heavy atom. The Morgan fingerprint density at radius 1 is 1.11 bits per heavy atom. The maximum atomic E-state index is 12.4. The number of likely N-dealkylation sites (tertiary alicyclic amines) is 1. The molecule has 1 N–H and O–H groups in total. The third kappa shape index (κ3) is 5.26. The molecule has 150 valence electrons. The molecule has 7 nitrogen and oxygen atoms in total. The second-order valence-electron chi connectivity index (χ2n) is 7.34. The van der Waals surface area contributed by atoms with Gasteiger partial charge in [-0.25, -0.2) is 4.79 Å². The van der Waals surface area contributed by atoms with Crippen LogP contribution >= 0.6 is 0 Å². The number of rotatable bonds is 6. The van der Waals surface area contributed by atoms with Crippen LogP contribution in [0, 0.1) is 0 Å². The minimum Gasteiger partial charge on any atom is -0.497 e. The Balaban J connectivity index is 1.35. The largest absolute Gasteiger partial charge is 0.497 e. The molecule has 2 fully saturated rings. The van der Waals surface area contributed by atoms with E-state index in [1.54, 1.807) is 7.11 Å². The lowest BCUT2D eigenvalue weighted by atomic mass is 9.87. The molecule has 0 bridgehead atoms. The molecule has 0 aliphatic carbocycles. The number of benzene rings is 1. The first kappa shape index (κ1) is 19.8. The van der Waals surface area contributed by atoms with E-state index in [4.69, 9.17) is 14.2 Å². The Hall–Kier alpha value is -1.99. The maximum Gasteiger partial charge on any atom is 0.317 e. The number of urea groups is 1. The standard InChI is InChI=1S/C20H31N3O4/c1-20(23-12-15-26-16-13-23)7-10-22(11-8-20)19(24)21-9-14-27-18-5-3-17(25-2)4-6-18/h3-6H,7-16H2,1-2H3,(H,21,24). The van der Waals surface area contributed by atoms with E-state index in [9.17, 15) is 4.79 Å². The highest BCUT2D eigenvalue weighted by Crippen LogP contribution is 2.29. The fourth-order valence-electron chi connectivity index (χ4n) is 3.72. The van der Waals surface area contributed by atoms with Crippen molar-refractivity contribution in [3.63, 3.8) is 0 Å². The van der Waals surface area contributed by atoms with Gasteiger partial charge >= 0.3 is 6.03 Å². The maximum absolute atomic E-state index is 12.4. The summed E-state index contributed by atoms with van der Waals surface area (Å²) in [4.78, 5) is 16.8. The summed E-state index contributed by atoms with van der Waals surface area (Å²) in [7, 11) is 1.63. The van der Waals surface area contributed by atoms with Crippen molar-refractivity contribution in [3.8, 4) is 11.5 Å². The van der Waals surface area contributed by atoms with E-state index in [0.29, 0.717) is 13.2 Å². The summed E-state index contributed by atoms with van der Waals surface area (Å²) in [5, 5.41) is 2.96. The van der Waals surface area contributed by atoms with Crippen LogP contribution in [0.15, 0.2) is 24.3 Å². The molecule has 0 spiro atoms. The van der Waals surface area contributed by atoms with Gasteiger partial charge in [-0.1, -0.05) is 0 Å². The average Bonchev–Trinajstić information content (AvgIpc) is 2.72. The molecule has 1 aromatic carbocycles. The molecular formula is C20H31N3O4. The van der Waals surface area contributed by atoms with Crippen LogP contribution in [-0.2, 0) is 4.74 Å². The number of carbonyl (C=O) groups excluding carboxylic acids is 1. The van der Waals surface area contributed by atoms with Crippen LogP contribution < -0.4 is 14.8 Å². The van der Waals surface area contributed by atoms with Gasteiger partial charge in [0.2, 0.25) is 0 Å². The zero-order valence-corrected chi connectivity index (χ0v) is 16.4. The minimum absolute atomic E-state index is 0.00245. The van der Waals surface area contributed by atoms with Crippen LogP contribution in [0.25, 0.3) is 0 Å². The number of ether oxygens (including phenoxy) is 3. The van der Waals surface area contributed by atoms with Gasteiger partial charge in [-0.2, -0.15) is 0 Å². The first-order valence-corrected chi connectivity index (χ1v) is 9.73. The van der Waals surface area contributed by atoms with E-state index in [0.717, 1.165) is 63.7 Å². The fraction of sp³-hybridized carbons (Fsp3) is 0.650. The lowest BCUT2D eigenvalue weighted by molar-refractivity contribution is -0.0357. The van der Waals surface area contributed by atoms with Crippen molar-refractivity contribution < 1.29 is 19.0 Å². The number of hydrogen-bond acceptors (Lipinski definition) is 5. The van der Waals surface area contributed by atoms with E-state index in [1.165, 1.54) is 0 Å². The third-order valence-electron chi connectivity index (χ3n) is 5.61. The lowest BCUT2D eigenvalue weighted by Gasteiger charge is -2.48. The van der Waals surface area contributed by atoms with Gasteiger partial charge in [0.25, 0.3) is 0 Å². The fourth-order valence-corrected chi connectivity index (χ4v) is 3.72. The Labute approximate surface area is 161 Å². The number of hydrogen-bond donors (Lipinski definition) is 1. The van der Waals surface area contributed by atoms with Crippen LogP contribution in [-0.4, -0.2) is 81.0 Å². The van der Waals surface area contributed by atoms with Gasteiger partial charge in [-0.05, 0) is 44.0 Å². The molecule has 1 aromatic rings. The summed E-state index contributed by atoms with van der Waals surface area (Å²) in [5.41, 5.74) is 0.179. The SMILES string of the molecule is COc1ccc(OCCNC(=O)N2CCC(C)(N3CCOCC3)CC2)cc1. The molecule has 2 amide bonds. The van der Waals surface area contributed by atoms with Crippen molar-refractivity contribution >= 4 is 6.03 Å². The summed E-state index contributed by atoms with van der Waals surface area (Å²) in [6.07, 6.45) is 2.01. The molecule has 3 rings (SSSR count). The first-order chi connectivity index (χ1) is 13.1. The van der Waals surface area contributed by atoms with Crippen molar-refractivity contribution in [3.05, 3.63) is 24.3 Å². The smallest absolute Gasteiger partial charge is 0.317 e. The highest BCUT2D eigenvalue weighted by atomic mass is 16.5. The molecule has 0 unspecified atom stereocenters. The summed E-state index contributed by atoms with van der Waals surface area (Å²) < 4.78 is 16.2. The number of nitrogens with zero attached hydrogens (tertiary/aromatic N) is 2. The van der Waals surface area contributed by atoms with Crippen LogP contribution in [0.3, 0.4) is 0 Å². The second kappa shape index (κ2) is 9.28. The monoisotopic (exact) mass is 377 g/mol. The Kier molecular flexibility index (Phi) is 6.79. The predicted molar refractivity (Wildman–Crippen MR) is 103 cm³/mol. The molecule has 2 saturated heterocycles. The van der Waals surface area contributed by atoms with Crippen molar-refractivity contribution in [2.75, 3.05) is 59.7 Å². The number of piperidine rings is 1. The highest BCUT2D eigenvalue weighted by Gasteiger charge is 2.37. The van der Waals surface area contributed by atoms with Gasteiger partial charge in [-0.3, -0.25) is 4.90 Å². The van der Waals surface area contributed by atoms with Gasteiger partial charge in [0, 0.05) is 31.7 Å². The lowest BCUT2D eigenvalue weighted by Crippen LogP contribution is -2.58. The average molecular weight is 377 g/mol. The van der Waals surface area contributed by atoms with Gasteiger partial charge in [0.05, 0.1) is 26.9 Å². The van der Waals surface area contributed by atoms with Crippen molar-refractivity contribution in [2.24, 2.45) is 0 Å². The quantitative estimate of drug-likeness (QED) is 0.768. The zero-order chi connectivity index (χ0) is 19.1. The third-order valence-corrected chi connectivity index (χ3v) is 5.61. The van der Waals surface area contributed by atoms with Crippen molar-refractivity contribution in [1.29, 1.82) is 0 Å². The van der Waals surface area contributed by atoms with E-state index >= 15 is 0 Å². The van der Waals surface area contributed by atoms with Crippen LogP contribution in [0.5, 0.6) is 11.5 Å². The molecule has 2 aliphatic heterocycles. The highest BCUT2D eigenvalue weighted by molar-refractivity contribution is 5.74. The number of methoxy groups -OCH3 is 1. The van der Waals surface area contributed by atoms with Crippen molar-refractivity contribution in [1.82, 2.24) is 15.1 Å². The van der Waals surface area contributed by atoms with Gasteiger partial charge < -0.3 is 24.4 Å². The summed E-state index contributed by atoms with van der Waals surface area (Å²) in [6.45, 7) is 8.44. The van der Waals surface area contributed by atoms with Crippen LogP contribution in [0.4, 0.5) is 4.79 Å².